The molecule has 0 spiro atoms. The van der Waals surface area contributed by atoms with Crippen molar-refractivity contribution in [3.8, 4) is 0 Å². The van der Waals surface area contributed by atoms with E-state index in [-0.39, 0.29) is 5.91 Å². The normalized spacial score (nSPS) is 26.2. The highest BCUT2D eigenvalue weighted by Gasteiger charge is 2.36. The smallest absolute Gasteiger partial charge is 0.217 e. The van der Waals surface area contributed by atoms with Gasteiger partial charge in [-0.25, -0.2) is 0 Å². The monoisotopic (exact) mass is 317 g/mol. The lowest BCUT2D eigenvalue weighted by molar-refractivity contribution is -0.119. The number of hydrogen-bond donors (Lipinski definition) is 1. The van der Waals surface area contributed by atoms with Crippen molar-refractivity contribution in [2.45, 2.75) is 69.9 Å². The second-order valence-electron chi connectivity index (χ2n) is 7.59. The highest BCUT2D eigenvalue weighted by molar-refractivity contribution is 5.73. The number of likely N-dealkylation sites (tertiary alicyclic amines) is 1. The van der Waals surface area contributed by atoms with Crippen molar-refractivity contribution in [3.05, 3.63) is 11.6 Å². The third-order valence-corrected chi connectivity index (χ3v) is 5.44. The Morgan fingerprint density at radius 2 is 1.91 bits per heavy atom. The molecule has 1 aliphatic heterocycles. The van der Waals surface area contributed by atoms with Crippen LogP contribution in [-0.2, 0) is 11.3 Å². The number of primary amides is 1. The zero-order valence-electron chi connectivity index (χ0n) is 13.8. The van der Waals surface area contributed by atoms with E-state index < -0.39 is 0 Å². The van der Waals surface area contributed by atoms with E-state index in [1.165, 1.54) is 31.5 Å². The predicted octanol–water partition coefficient (Wildman–Crippen LogP) is 1.97. The van der Waals surface area contributed by atoms with Gasteiger partial charge in [-0.1, -0.05) is 0 Å². The van der Waals surface area contributed by atoms with Gasteiger partial charge in [0.1, 0.15) is 11.6 Å². The number of rotatable bonds is 6. The van der Waals surface area contributed by atoms with Crippen molar-refractivity contribution >= 4 is 5.91 Å². The average molecular weight is 317 g/mol. The van der Waals surface area contributed by atoms with Gasteiger partial charge in [0.2, 0.25) is 5.91 Å². The van der Waals surface area contributed by atoms with Crippen molar-refractivity contribution in [1.82, 2.24) is 19.7 Å². The number of nitrogens with zero attached hydrogens (tertiary/aromatic N) is 4. The van der Waals surface area contributed by atoms with Gasteiger partial charge in [-0.05, 0) is 64.0 Å². The van der Waals surface area contributed by atoms with E-state index >= 15 is 0 Å². The Morgan fingerprint density at radius 1 is 1.09 bits per heavy atom. The molecule has 23 heavy (non-hydrogen) atoms. The first-order valence-electron chi connectivity index (χ1n) is 9.15. The lowest BCUT2D eigenvalue weighted by Crippen LogP contribution is -2.26. The summed E-state index contributed by atoms with van der Waals surface area (Å²) >= 11 is 0. The maximum absolute atomic E-state index is 11.1. The summed E-state index contributed by atoms with van der Waals surface area (Å²) in [4.78, 5) is 13.6. The van der Waals surface area contributed by atoms with E-state index in [0.29, 0.717) is 24.3 Å². The Bertz CT molecular complexity index is 576. The molecule has 0 radical (unpaired) electrons. The maximum atomic E-state index is 11.1. The summed E-state index contributed by atoms with van der Waals surface area (Å²) < 4.78 is 2.45. The maximum Gasteiger partial charge on any atom is 0.217 e. The molecule has 0 aromatic carbocycles. The van der Waals surface area contributed by atoms with Crippen LogP contribution in [0.5, 0.6) is 0 Å². The summed E-state index contributed by atoms with van der Waals surface area (Å²) in [5.74, 6) is 3.36. The summed E-state index contributed by atoms with van der Waals surface area (Å²) in [6, 6.07) is 0.658. The minimum absolute atomic E-state index is 0.161. The molecule has 6 heteroatoms. The van der Waals surface area contributed by atoms with E-state index in [1.807, 2.05) is 0 Å². The van der Waals surface area contributed by atoms with E-state index in [0.717, 1.165) is 44.7 Å². The Labute approximate surface area is 137 Å². The number of aromatic nitrogens is 3. The largest absolute Gasteiger partial charge is 0.370 e. The fourth-order valence-corrected chi connectivity index (χ4v) is 3.87. The first kappa shape index (κ1) is 15.1. The summed E-state index contributed by atoms with van der Waals surface area (Å²) in [6.45, 7) is 3.03. The lowest BCUT2D eigenvalue weighted by atomic mass is 9.97. The molecule has 1 saturated heterocycles. The molecule has 3 fully saturated rings. The summed E-state index contributed by atoms with van der Waals surface area (Å²) in [5.41, 5.74) is 5.36. The Hall–Kier alpha value is -1.43. The number of carbonyl (C=O) groups excluding carboxylic acids is 1. The molecule has 1 unspecified atom stereocenters. The van der Waals surface area contributed by atoms with Gasteiger partial charge in [0.25, 0.3) is 0 Å². The fraction of sp³-hybridized carbons (Fsp3) is 0.824. The number of nitrogens with two attached hydrogens (primary N) is 1. The summed E-state index contributed by atoms with van der Waals surface area (Å²) in [5, 5.41) is 9.04. The van der Waals surface area contributed by atoms with Gasteiger partial charge >= 0.3 is 0 Å². The second kappa shape index (κ2) is 6.23. The van der Waals surface area contributed by atoms with Crippen LogP contribution in [0.15, 0.2) is 0 Å². The molecule has 2 aliphatic carbocycles. The van der Waals surface area contributed by atoms with Gasteiger partial charge in [-0.3, -0.25) is 9.69 Å². The molecular weight excluding hydrogens is 290 g/mol. The molecule has 126 valence electrons. The van der Waals surface area contributed by atoms with Gasteiger partial charge in [0.15, 0.2) is 0 Å². The third-order valence-electron chi connectivity index (χ3n) is 5.44. The Morgan fingerprint density at radius 3 is 2.61 bits per heavy atom. The van der Waals surface area contributed by atoms with Gasteiger partial charge < -0.3 is 10.3 Å². The molecule has 1 aromatic heterocycles. The van der Waals surface area contributed by atoms with Crippen LogP contribution in [0.25, 0.3) is 0 Å². The molecule has 2 saturated carbocycles. The van der Waals surface area contributed by atoms with Gasteiger partial charge in [0.05, 0.1) is 6.54 Å². The molecule has 1 atom stereocenters. The SMILES string of the molecule is NC(=O)CC1CCCN(Cc2nnc(C3CC3)n2C2CC2)CC1. The van der Waals surface area contributed by atoms with Crippen LogP contribution in [0.1, 0.15) is 75.0 Å². The standard InChI is InChI=1S/C17H27N5O/c18-15(23)10-12-2-1-8-21(9-7-12)11-16-19-20-17(13-3-4-13)22(16)14-5-6-14/h12-14H,1-11H2,(H2,18,23). The number of hydrogen-bond acceptors (Lipinski definition) is 4. The highest BCUT2D eigenvalue weighted by atomic mass is 16.1. The van der Waals surface area contributed by atoms with Crippen LogP contribution in [0.4, 0.5) is 0 Å². The number of amides is 1. The van der Waals surface area contributed by atoms with Crippen molar-refractivity contribution in [2.24, 2.45) is 11.7 Å². The third kappa shape index (κ3) is 3.57. The minimum Gasteiger partial charge on any atom is -0.370 e. The summed E-state index contributed by atoms with van der Waals surface area (Å²) in [6.07, 6.45) is 8.99. The minimum atomic E-state index is -0.161. The van der Waals surface area contributed by atoms with E-state index in [4.69, 9.17) is 5.73 Å². The van der Waals surface area contributed by atoms with Crippen LogP contribution in [-0.4, -0.2) is 38.7 Å². The first-order chi connectivity index (χ1) is 11.2. The van der Waals surface area contributed by atoms with Crippen LogP contribution in [0.2, 0.25) is 0 Å². The van der Waals surface area contributed by atoms with Crippen molar-refractivity contribution < 1.29 is 4.79 Å². The molecular formula is C17H27N5O. The molecule has 6 nitrogen and oxygen atoms in total. The zero-order chi connectivity index (χ0) is 15.8. The number of carbonyl (C=O) groups is 1. The van der Waals surface area contributed by atoms with Crippen LogP contribution < -0.4 is 5.73 Å². The fourth-order valence-electron chi connectivity index (χ4n) is 3.87. The molecule has 2 N–H and O–H groups in total. The average Bonchev–Trinajstić information content (AvgIpc) is 3.40. The molecule has 2 heterocycles. The van der Waals surface area contributed by atoms with Crippen LogP contribution in [0.3, 0.4) is 0 Å². The molecule has 1 aromatic rings. The summed E-state index contributed by atoms with van der Waals surface area (Å²) in [7, 11) is 0. The topological polar surface area (TPSA) is 77.0 Å². The van der Waals surface area contributed by atoms with Crippen molar-refractivity contribution in [3.63, 3.8) is 0 Å². The van der Waals surface area contributed by atoms with Gasteiger partial charge in [-0.15, -0.1) is 10.2 Å². The van der Waals surface area contributed by atoms with Gasteiger partial charge in [-0.2, -0.15) is 0 Å². The van der Waals surface area contributed by atoms with E-state index in [2.05, 4.69) is 19.7 Å². The zero-order valence-corrected chi connectivity index (χ0v) is 13.8. The van der Waals surface area contributed by atoms with E-state index in [1.54, 1.807) is 0 Å². The lowest BCUT2D eigenvalue weighted by Gasteiger charge is -2.20. The quantitative estimate of drug-likeness (QED) is 0.870. The molecule has 1 amide bonds. The van der Waals surface area contributed by atoms with Crippen molar-refractivity contribution in [2.75, 3.05) is 13.1 Å². The Kier molecular flexibility index (Phi) is 4.09. The first-order valence-corrected chi connectivity index (χ1v) is 9.15. The predicted molar refractivity (Wildman–Crippen MR) is 86.7 cm³/mol. The second-order valence-corrected chi connectivity index (χ2v) is 7.59. The molecule has 0 bridgehead atoms. The Balaban J connectivity index is 1.41. The van der Waals surface area contributed by atoms with Crippen molar-refractivity contribution in [1.29, 1.82) is 0 Å². The van der Waals surface area contributed by atoms with Crippen LogP contribution in [0, 0.1) is 5.92 Å². The van der Waals surface area contributed by atoms with E-state index in [9.17, 15) is 4.79 Å². The highest BCUT2D eigenvalue weighted by Crippen LogP contribution is 2.44. The van der Waals surface area contributed by atoms with Gasteiger partial charge in [0, 0.05) is 18.4 Å². The molecule has 4 rings (SSSR count). The van der Waals surface area contributed by atoms with Crippen LogP contribution >= 0.6 is 0 Å². The molecule has 3 aliphatic rings.